The predicted molar refractivity (Wildman–Crippen MR) is 126 cm³/mol. The molecule has 2 rings (SSSR count). The lowest BCUT2D eigenvalue weighted by Crippen LogP contribution is -2.45. The molecule has 6 nitrogen and oxygen atoms in total. The third-order valence-corrected chi connectivity index (χ3v) is 7.55. The largest absolute Gasteiger partial charge is 0.450 e. The van der Waals surface area contributed by atoms with E-state index in [4.69, 9.17) is 4.74 Å². The molecular formula is C24H38N2O4Si. The molecule has 172 valence electrons. The van der Waals surface area contributed by atoms with Gasteiger partial charge in [0.1, 0.15) is 6.29 Å². The zero-order chi connectivity index (χ0) is 22.9. The Morgan fingerprint density at radius 3 is 2.58 bits per heavy atom. The molecule has 7 heteroatoms. The quantitative estimate of drug-likeness (QED) is 0.406. The van der Waals surface area contributed by atoms with E-state index in [0.29, 0.717) is 30.2 Å². The van der Waals surface area contributed by atoms with Crippen molar-refractivity contribution in [3.05, 3.63) is 35.4 Å². The molecule has 0 saturated heterocycles. The predicted octanol–water partition coefficient (Wildman–Crippen LogP) is 4.97. The van der Waals surface area contributed by atoms with Crippen molar-refractivity contribution in [2.75, 3.05) is 20.2 Å². The number of amides is 2. The Bertz CT molecular complexity index is 741. The van der Waals surface area contributed by atoms with Gasteiger partial charge in [0.15, 0.2) is 0 Å². The van der Waals surface area contributed by atoms with Gasteiger partial charge in [-0.05, 0) is 30.5 Å². The van der Waals surface area contributed by atoms with Crippen LogP contribution in [0.25, 0.3) is 0 Å². The van der Waals surface area contributed by atoms with Gasteiger partial charge in [0.05, 0.1) is 6.61 Å². The van der Waals surface area contributed by atoms with Crippen LogP contribution in [0.1, 0.15) is 59.2 Å². The van der Waals surface area contributed by atoms with Crippen molar-refractivity contribution in [3.8, 4) is 0 Å². The summed E-state index contributed by atoms with van der Waals surface area (Å²) in [5.74, 6) is 0.335. The smallest absolute Gasteiger partial charge is 0.409 e. The molecule has 0 aliphatic heterocycles. The van der Waals surface area contributed by atoms with Gasteiger partial charge in [0.25, 0.3) is 5.91 Å². The number of ether oxygens (including phenoxy) is 1. The standard InChI is InChI=1S/C24H38N2O4Si/c1-26(24(29)30-13-14-31(2,3)4)17-22(16-19-9-6-5-7-10-19)25-23(28)21-12-8-11-20(15-21)18-27/h8,11-12,15,18-19,22H,5-7,9-10,13-14,16-17H2,1-4H3,(H,25,28)/t22-/m0/s1. The van der Waals surface area contributed by atoms with Gasteiger partial charge in [-0.1, -0.05) is 63.9 Å². The second-order valence-corrected chi connectivity index (χ2v) is 15.6. The fraction of sp³-hybridized carbons (Fsp3) is 0.625. The zero-order valence-corrected chi connectivity index (χ0v) is 20.5. The van der Waals surface area contributed by atoms with Gasteiger partial charge >= 0.3 is 6.09 Å². The molecule has 1 N–H and O–H groups in total. The van der Waals surface area contributed by atoms with Gasteiger partial charge in [0.2, 0.25) is 0 Å². The van der Waals surface area contributed by atoms with Crippen LogP contribution in [0.15, 0.2) is 24.3 Å². The summed E-state index contributed by atoms with van der Waals surface area (Å²) in [4.78, 5) is 37.9. The minimum Gasteiger partial charge on any atom is -0.450 e. The van der Waals surface area contributed by atoms with Gasteiger partial charge < -0.3 is 15.0 Å². The number of likely N-dealkylation sites (N-methyl/N-ethyl adjacent to an activating group) is 1. The van der Waals surface area contributed by atoms with Gasteiger partial charge in [-0.15, -0.1) is 0 Å². The highest BCUT2D eigenvalue weighted by Gasteiger charge is 2.24. The number of benzene rings is 1. The molecule has 0 bridgehead atoms. The summed E-state index contributed by atoms with van der Waals surface area (Å²) in [6.45, 7) is 7.60. The third-order valence-electron chi connectivity index (χ3n) is 5.85. The summed E-state index contributed by atoms with van der Waals surface area (Å²) >= 11 is 0. The number of hydrogen-bond donors (Lipinski definition) is 1. The molecule has 1 saturated carbocycles. The summed E-state index contributed by atoms with van der Waals surface area (Å²) < 4.78 is 5.46. The van der Waals surface area contributed by atoms with Crippen LogP contribution in [0.2, 0.25) is 25.7 Å². The second kappa shape index (κ2) is 12.0. The van der Waals surface area contributed by atoms with Crippen LogP contribution in [0.4, 0.5) is 4.79 Å². The van der Waals surface area contributed by atoms with Crippen LogP contribution >= 0.6 is 0 Å². The summed E-state index contributed by atoms with van der Waals surface area (Å²) in [5, 5.41) is 3.10. The molecule has 0 radical (unpaired) electrons. The number of nitrogens with one attached hydrogen (secondary N) is 1. The lowest BCUT2D eigenvalue weighted by molar-refractivity contribution is 0.0889. The molecule has 0 unspecified atom stereocenters. The topological polar surface area (TPSA) is 75.7 Å². The molecule has 0 aromatic heterocycles. The van der Waals surface area contributed by atoms with E-state index >= 15 is 0 Å². The summed E-state index contributed by atoms with van der Waals surface area (Å²) in [6.07, 6.45) is 7.28. The third kappa shape index (κ3) is 9.25. The van der Waals surface area contributed by atoms with Crippen molar-refractivity contribution in [2.45, 2.75) is 70.3 Å². The SMILES string of the molecule is CN(C[C@H](CC1CCCCC1)NC(=O)c1cccc(C=O)c1)C(=O)OCC[Si](C)(C)C. The first-order chi connectivity index (χ1) is 14.7. The van der Waals surface area contributed by atoms with E-state index in [1.807, 2.05) is 0 Å². The zero-order valence-electron chi connectivity index (χ0n) is 19.5. The minimum absolute atomic E-state index is 0.162. The number of nitrogens with zero attached hydrogens (tertiary/aromatic N) is 1. The van der Waals surface area contributed by atoms with Crippen molar-refractivity contribution >= 4 is 26.4 Å². The summed E-state index contributed by atoms with van der Waals surface area (Å²) in [7, 11) is 0.461. The van der Waals surface area contributed by atoms with Crippen LogP contribution in [-0.2, 0) is 4.74 Å². The van der Waals surface area contributed by atoms with E-state index in [2.05, 4.69) is 25.0 Å². The second-order valence-electron chi connectivity index (χ2n) is 9.96. The Morgan fingerprint density at radius 1 is 1.23 bits per heavy atom. The van der Waals surface area contributed by atoms with Crippen molar-refractivity contribution in [1.29, 1.82) is 0 Å². The summed E-state index contributed by atoms with van der Waals surface area (Å²) in [5.41, 5.74) is 0.929. The molecule has 1 atom stereocenters. The molecule has 1 aliphatic rings. The molecule has 2 amide bonds. The van der Waals surface area contributed by atoms with Crippen molar-refractivity contribution < 1.29 is 19.1 Å². The molecule has 1 aromatic rings. The maximum absolute atomic E-state index is 12.8. The van der Waals surface area contributed by atoms with Crippen LogP contribution < -0.4 is 5.32 Å². The Kier molecular flexibility index (Phi) is 9.74. The Balaban J connectivity index is 2.00. The van der Waals surface area contributed by atoms with E-state index in [9.17, 15) is 14.4 Å². The minimum atomic E-state index is -1.27. The normalized spacial score (nSPS) is 15.7. The Labute approximate surface area is 187 Å². The lowest BCUT2D eigenvalue weighted by atomic mass is 9.84. The first-order valence-electron chi connectivity index (χ1n) is 11.4. The molecule has 0 spiro atoms. The molecule has 1 fully saturated rings. The van der Waals surface area contributed by atoms with E-state index in [0.717, 1.165) is 31.6 Å². The first-order valence-corrected chi connectivity index (χ1v) is 15.1. The number of hydrogen-bond acceptors (Lipinski definition) is 4. The lowest BCUT2D eigenvalue weighted by Gasteiger charge is -2.30. The highest BCUT2D eigenvalue weighted by Crippen LogP contribution is 2.27. The molecule has 1 aliphatic carbocycles. The highest BCUT2D eigenvalue weighted by molar-refractivity contribution is 6.76. The fourth-order valence-electron chi connectivity index (χ4n) is 3.99. The van der Waals surface area contributed by atoms with E-state index in [1.54, 1.807) is 36.2 Å². The number of carbonyl (C=O) groups is 3. The average molecular weight is 447 g/mol. The highest BCUT2D eigenvalue weighted by atomic mass is 28.3. The van der Waals surface area contributed by atoms with Gasteiger partial charge in [-0.3, -0.25) is 9.59 Å². The fourth-order valence-corrected chi connectivity index (χ4v) is 4.70. The van der Waals surface area contributed by atoms with Gasteiger partial charge in [-0.2, -0.15) is 0 Å². The molecular weight excluding hydrogens is 408 g/mol. The van der Waals surface area contributed by atoms with Crippen LogP contribution in [0.5, 0.6) is 0 Å². The number of carbonyl (C=O) groups excluding carboxylic acids is 3. The monoisotopic (exact) mass is 446 g/mol. The van der Waals surface area contributed by atoms with Crippen LogP contribution in [0.3, 0.4) is 0 Å². The van der Waals surface area contributed by atoms with Crippen molar-refractivity contribution in [1.82, 2.24) is 10.2 Å². The Morgan fingerprint density at radius 2 is 1.94 bits per heavy atom. The number of aldehydes is 1. The van der Waals surface area contributed by atoms with Gasteiger partial charge in [0, 0.05) is 38.8 Å². The van der Waals surface area contributed by atoms with Crippen molar-refractivity contribution in [3.63, 3.8) is 0 Å². The maximum atomic E-state index is 12.8. The number of rotatable bonds is 10. The van der Waals surface area contributed by atoms with Crippen LogP contribution in [0, 0.1) is 5.92 Å². The average Bonchev–Trinajstić information content (AvgIpc) is 2.73. The van der Waals surface area contributed by atoms with E-state index in [1.165, 1.54) is 19.3 Å². The van der Waals surface area contributed by atoms with Crippen molar-refractivity contribution in [2.24, 2.45) is 5.92 Å². The first kappa shape index (κ1) is 25.1. The van der Waals surface area contributed by atoms with E-state index in [-0.39, 0.29) is 18.0 Å². The maximum Gasteiger partial charge on any atom is 0.409 e. The Hall–Kier alpha value is -2.15. The van der Waals surface area contributed by atoms with E-state index < -0.39 is 8.07 Å². The summed E-state index contributed by atoms with van der Waals surface area (Å²) in [6, 6.07) is 7.44. The molecule has 0 heterocycles. The van der Waals surface area contributed by atoms with Crippen LogP contribution in [-0.4, -0.2) is 57.5 Å². The molecule has 31 heavy (non-hydrogen) atoms. The molecule has 1 aromatic carbocycles. The van der Waals surface area contributed by atoms with Gasteiger partial charge in [-0.25, -0.2) is 4.79 Å².